The van der Waals surface area contributed by atoms with Crippen molar-refractivity contribution in [3.05, 3.63) is 45.9 Å². The van der Waals surface area contributed by atoms with Crippen molar-refractivity contribution in [3.8, 4) is 0 Å². The molecular weight excluding hydrogens is 299 g/mol. The number of thiophene rings is 1. The van der Waals surface area contributed by atoms with Crippen LogP contribution in [-0.4, -0.2) is 8.42 Å². The third-order valence-corrected chi connectivity index (χ3v) is 5.16. The number of nitrogens with two attached hydrogens (primary N) is 1. The molecule has 4 nitrogen and oxygen atoms in total. The lowest BCUT2D eigenvalue weighted by molar-refractivity contribution is 0.566. The summed E-state index contributed by atoms with van der Waals surface area (Å²) in [6.45, 7) is 3.23. The highest BCUT2D eigenvalue weighted by Gasteiger charge is 2.20. The molecule has 3 N–H and O–H groups in total. The fourth-order valence-electron chi connectivity index (χ4n) is 1.81. The van der Waals surface area contributed by atoms with Crippen LogP contribution in [0.1, 0.15) is 24.1 Å². The van der Waals surface area contributed by atoms with E-state index in [0.29, 0.717) is 0 Å². The van der Waals surface area contributed by atoms with Crippen molar-refractivity contribution in [1.82, 2.24) is 4.72 Å². The number of hydrogen-bond acceptors (Lipinski definition) is 4. The molecule has 1 aromatic carbocycles. The van der Waals surface area contributed by atoms with Crippen molar-refractivity contribution in [2.75, 3.05) is 5.73 Å². The van der Waals surface area contributed by atoms with E-state index in [1.165, 1.54) is 24.3 Å². The van der Waals surface area contributed by atoms with Crippen LogP contribution >= 0.6 is 11.3 Å². The van der Waals surface area contributed by atoms with Crippen LogP contribution in [0.3, 0.4) is 0 Å². The lowest BCUT2D eigenvalue weighted by Crippen LogP contribution is -2.27. The zero-order chi connectivity index (χ0) is 14.9. The number of nitrogens with one attached hydrogen (secondary N) is 1. The van der Waals surface area contributed by atoms with Gasteiger partial charge in [0.25, 0.3) is 0 Å². The molecule has 20 heavy (non-hydrogen) atoms. The third kappa shape index (κ3) is 3.00. The van der Waals surface area contributed by atoms with Crippen LogP contribution in [0.15, 0.2) is 33.9 Å². The fraction of sp³-hybridized carbons (Fsp3) is 0.231. The number of halogens is 1. The van der Waals surface area contributed by atoms with Crippen LogP contribution < -0.4 is 10.5 Å². The lowest BCUT2D eigenvalue weighted by Gasteiger charge is -2.14. The van der Waals surface area contributed by atoms with Crippen LogP contribution in [0.5, 0.6) is 0 Å². The molecule has 2 rings (SSSR count). The molecule has 0 bridgehead atoms. The van der Waals surface area contributed by atoms with Gasteiger partial charge in [-0.05, 0) is 53.9 Å². The molecule has 1 aromatic heterocycles. The number of rotatable bonds is 4. The first-order chi connectivity index (χ1) is 9.31. The molecular formula is C13H15FN2O2S2. The highest BCUT2D eigenvalue weighted by atomic mass is 32.2. The average molecular weight is 314 g/mol. The van der Waals surface area contributed by atoms with Crippen molar-refractivity contribution in [2.24, 2.45) is 0 Å². The van der Waals surface area contributed by atoms with E-state index in [9.17, 15) is 12.8 Å². The molecule has 0 radical (unpaired) electrons. The standard InChI is InChI=1S/C13H15FN2O2S2/c1-8-5-11(6-12(15)13(8)14)20(17,18)16-9(2)10-3-4-19-7-10/h3-7,9,16H,15H2,1-2H3. The highest BCUT2D eigenvalue weighted by molar-refractivity contribution is 7.89. The minimum Gasteiger partial charge on any atom is -0.396 e. The fourth-order valence-corrected chi connectivity index (χ4v) is 3.91. The summed E-state index contributed by atoms with van der Waals surface area (Å²) in [5, 5.41) is 3.75. The van der Waals surface area contributed by atoms with E-state index in [2.05, 4.69) is 4.72 Å². The molecule has 108 valence electrons. The van der Waals surface area contributed by atoms with E-state index in [-0.39, 0.29) is 22.2 Å². The second-order valence-electron chi connectivity index (χ2n) is 4.54. The zero-order valence-corrected chi connectivity index (χ0v) is 12.7. The van der Waals surface area contributed by atoms with Gasteiger partial charge in [-0.1, -0.05) is 0 Å². The Bertz CT molecular complexity index is 689. The first kappa shape index (κ1) is 15.0. The predicted molar refractivity (Wildman–Crippen MR) is 78.6 cm³/mol. The summed E-state index contributed by atoms with van der Waals surface area (Å²) in [7, 11) is -3.74. The van der Waals surface area contributed by atoms with Crippen molar-refractivity contribution in [1.29, 1.82) is 0 Å². The molecule has 0 aliphatic rings. The first-order valence-corrected chi connectivity index (χ1v) is 8.34. The number of hydrogen-bond donors (Lipinski definition) is 2. The topological polar surface area (TPSA) is 72.2 Å². The van der Waals surface area contributed by atoms with Gasteiger partial charge in [0.1, 0.15) is 5.82 Å². The van der Waals surface area contributed by atoms with Gasteiger partial charge in [0.2, 0.25) is 10.0 Å². The van der Waals surface area contributed by atoms with Crippen LogP contribution in [0.25, 0.3) is 0 Å². The third-order valence-electron chi connectivity index (χ3n) is 2.94. The number of nitrogen functional groups attached to an aromatic ring is 1. The number of benzene rings is 1. The Balaban J connectivity index is 2.31. The van der Waals surface area contributed by atoms with Gasteiger partial charge in [-0.3, -0.25) is 0 Å². The van der Waals surface area contributed by atoms with Crippen molar-refractivity contribution < 1.29 is 12.8 Å². The van der Waals surface area contributed by atoms with Crippen LogP contribution in [-0.2, 0) is 10.0 Å². The lowest BCUT2D eigenvalue weighted by atomic mass is 10.2. The maximum absolute atomic E-state index is 13.4. The Hall–Kier alpha value is -1.44. The molecule has 1 heterocycles. The normalized spacial score (nSPS) is 13.3. The minimum absolute atomic E-state index is 0.0315. The zero-order valence-electron chi connectivity index (χ0n) is 11.1. The van der Waals surface area contributed by atoms with E-state index in [4.69, 9.17) is 5.73 Å². The van der Waals surface area contributed by atoms with E-state index < -0.39 is 15.8 Å². The predicted octanol–water partition coefficient (Wildman–Crippen LogP) is 2.82. The Morgan fingerprint density at radius 2 is 2.10 bits per heavy atom. The van der Waals surface area contributed by atoms with Gasteiger partial charge in [0, 0.05) is 6.04 Å². The molecule has 1 unspecified atom stereocenters. The maximum atomic E-state index is 13.4. The van der Waals surface area contributed by atoms with E-state index in [0.717, 1.165) is 11.6 Å². The second kappa shape index (κ2) is 5.51. The number of sulfonamides is 1. The van der Waals surface area contributed by atoms with Gasteiger partial charge < -0.3 is 5.73 Å². The quantitative estimate of drug-likeness (QED) is 0.852. The smallest absolute Gasteiger partial charge is 0.241 e. The monoisotopic (exact) mass is 314 g/mol. The molecule has 0 aliphatic heterocycles. The molecule has 7 heteroatoms. The Labute approximate surface area is 121 Å². The summed E-state index contributed by atoms with van der Waals surface area (Å²) in [5.41, 5.74) is 6.39. The van der Waals surface area contributed by atoms with Crippen LogP contribution in [0.2, 0.25) is 0 Å². The van der Waals surface area contributed by atoms with Gasteiger partial charge in [0.15, 0.2) is 0 Å². The van der Waals surface area contributed by atoms with Crippen molar-refractivity contribution in [2.45, 2.75) is 24.8 Å². The van der Waals surface area contributed by atoms with Gasteiger partial charge >= 0.3 is 0 Å². The van der Waals surface area contributed by atoms with Crippen molar-refractivity contribution in [3.63, 3.8) is 0 Å². The molecule has 0 amide bonds. The Morgan fingerprint density at radius 3 is 2.65 bits per heavy atom. The summed E-state index contributed by atoms with van der Waals surface area (Å²) in [6, 6.07) is 3.89. The summed E-state index contributed by atoms with van der Waals surface area (Å²) in [5.74, 6) is -0.588. The number of anilines is 1. The molecule has 0 fully saturated rings. The van der Waals surface area contributed by atoms with Crippen molar-refractivity contribution >= 4 is 27.0 Å². The van der Waals surface area contributed by atoms with Crippen LogP contribution in [0, 0.1) is 12.7 Å². The summed E-state index contributed by atoms with van der Waals surface area (Å²) in [6.07, 6.45) is 0. The Morgan fingerprint density at radius 1 is 1.40 bits per heavy atom. The van der Waals surface area contributed by atoms with E-state index >= 15 is 0 Å². The van der Waals surface area contributed by atoms with Crippen LogP contribution in [0.4, 0.5) is 10.1 Å². The molecule has 1 atom stereocenters. The average Bonchev–Trinajstić information content (AvgIpc) is 2.88. The molecule has 0 saturated heterocycles. The van der Waals surface area contributed by atoms with Gasteiger partial charge in [-0.25, -0.2) is 17.5 Å². The summed E-state index contributed by atoms with van der Waals surface area (Å²) < 4.78 is 40.5. The molecule has 0 aliphatic carbocycles. The van der Waals surface area contributed by atoms with E-state index in [1.54, 1.807) is 6.92 Å². The molecule has 0 saturated carbocycles. The van der Waals surface area contributed by atoms with Gasteiger partial charge in [-0.2, -0.15) is 11.3 Å². The molecule has 2 aromatic rings. The largest absolute Gasteiger partial charge is 0.396 e. The number of aryl methyl sites for hydroxylation is 1. The Kier molecular flexibility index (Phi) is 4.12. The van der Waals surface area contributed by atoms with Gasteiger partial charge in [-0.15, -0.1) is 0 Å². The highest BCUT2D eigenvalue weighted by Crippen LogP contribution is 2.23. The molecule has 0 spiro atoms. The maximum Gasteiger partial charge on any atom is 0.241 e. The summed E-state index contributed by atoms with van der Waals surface area (Å²) >= 11 is 1.49. The minimum atomic E-state index is -3.74. The first-order valence-electron chi connectivity index (χ1n) is 5.91. The van der Waals surface area contributed by atoms with E-state index in [1.807, 2.05) is 16.8 Å². The summed E-state index contributed by atoms with van der Waals surface area (Å²) in [4.78, 5) is -0.0315. The van der Waals surface area contributed by atoms with Gasteiger partial charge in [0.05, 0.1) is 10.6 Å². The SMILES string of the molecule is Cc1cc(S(=O)(=O)NC(C)c2ccsc2)cc(N)c1F. The second-order valence-corrected chi connectivity index (χ2v) is 7.04.